The van der Waals surface area contributed by atoms with Crippen LogP contribution < -0.4 is 0 Å². The number of halogens is 1. The van der Waals surface area contributed by atoms with Crippen LogP contribution in [0, 0.1) is 23.6 Å². The fraction of sp³-hybridized carbons (Fsp3) is 0.619. The van der Waals surface area contributed by atoms with E-state index < -0.39 is 0 Å². The lowest BCUT2D eigenvalue weighted by molar-refractivity contribution is -0.149. The lowest BCUT2D eigenvalue weighted by Gasteiger charge is -2.60. The molecule has 1 amide bonds. The van der Waals surface area contributed by atoms with Gasteiger partial charge in [0.1, 0.15) is 5.82 Å². The third-order valence-corrected chi connectivity index (χ3v) is 8.03. The summed E-state index contributed by atoms with van der Waals surface area (Å²) in [7, 11) is 1.78. The van der Waals surface area contributed by atoms with Gasteiger partial charge < -0.3 is 4.90 Å². The fourth-order valence-electron chi connectivity index (χ4n) is 6.24. The van der Waals surface area contributed by atoms with Crippen molar-refractivity contribution in [1.29, 1.82) is 0 Å². The Labute approximate surface area is 174 Å². The Morgan fingerprint density at radius 3 is 2.34 bits per heavy atom. The Morgan fingerprint density at radius 1 is 1.17 bits per heavy atom. The van der Waals surface area contributed by atoms with Gasteiger partial charge in [0.25, 0.3) is 0 Å². The molecule has 0 unspecified atom stereocenters. The first-order valence-corrected chi connectivity index (χ1v) is 11.4. The summed E-state index contributed by atoms with van der Waals surface area (Å²) in [6.45, 7) is 0.545. The Hall–Kier alpha value is -1.96. The van der Waals surface area contributed by atoms with Crippen LogP contribution >= 0.6 is 11.8 Å². The highest BCUT2D eigenvalue weighted by Gasteiger charge is 2.54. The highest BCUT2D eigenvalue weighted by molar-refractivity contribution is 7.99. The third-order valence-electron chi connectivity index (χ3n) is 7.04. The topological polar surface area (TPSA) is 63.9 Å². The van der Waals surface area contributed by atoms with Gasteiger partial charge in [0.2, 0.25) is 11.1 Å². The lowest BCUT2D eigenvalue weighted by Crippen LogP contribution is -2.61. The maximum Gasteiger partial charge on any atom is 0.233 e. The first kappa shape index (κ1) is 19.0. The van der Waals surface area contributed by atoms with Gasteiger partial charge in [-0.25, -0.2) is 9.07 Å². The van der Waals surface area contributed by atoms with E-state index in [1.807, 2.05) is 0 Å². The second-order valence-corrected chi connectivity index (χ2v) is 10.1. The number of tetrazole rings is 1. The molecule has 4 bridgehead atoms. The number of thioether (sulfide) groups is 1. The zero-order valence-electron chi connectivity index (χ0n) is 16.6. The van der Waals surface area contributed by atoms with Crippen molar-refractivity contribution in [3.63, 3.8) is 0 Å². The average molecular weight is 416 g/mol. The molecule has 0 radical (unpaired) electrons. The Kier molecular flexibility index (Phi) is 4.84. The molecule has 4 saturated carbocycles. The summed E-state index contributed by atoms with van der Waals surface area (Å²) in [5.41, 5.74) is 0.944. The van der Waals surface area contributed by atoms with Crippen LogP contribution in [0.5, 0.6) is 0 Å². The molecule has 1 heterocycles. The number of amides is 1. The number of hydrogen-bond donors (Lipinski definition) is 0. The molecule has 6 nitrogen and oxygen atoms in total. The molecule has 2 aromatic rings. The molecule has 6 rings (SSSR count). The van der Waals surface area contributed by atoms with Gasteiger partial charge in [-0.2, -0.15) is 0 Å². The van der Waals surface area contributed by atoms with Crippen LogP contribution in [0.25, 0.3) is 0 Å². The summed E-state index contributed by atoms with van der Waals surface area (Å²) in [5.74, 6) is 2.45. The van der Waals surface area contributed by atoms with E-state index in [9.17, 15) is 9.18 Å². The predicted molar refractivity (Wildman–Crippen MR) is 107 cm³/mol. The quantitative estimate of drug-likeness (QED) is 0.677. The van der Waals surface area contributed by atoms with E-state index in [-0.39, 0.29) is 17.3 Å². The molecule has 8 heteroatoms. The molecule has 1 aromatic heterocycles. The van der Waals surface area contributed by atoms with Crippen LogP contribution in [0.15, 0.2) is 29.4 Å². The molecular formula is C21H26FN5OS. The van der Waals surface area contributed by atoms with Crippen molar-refractivity contribution < 1.29 is 9.18 Å². The predicted octanol–water partition coefficient (Wildman–Crippen LogP) is 3.44. The molecule has 0 saturated heterocycles. The number of aryl methyl sites for hydroxylation is 1. The van der Waals surface area contributed by atoms with Gasteiger partial charge in [-0.3, -0.25) is 4.79 Å². The van der Waals surface area contributed by atoms with Crippen molar-refractivity contribution >= 4 is 17.7 Å². The minimum Gasteiger partial charge on any atom is -0.332 e. The van der Waals surface area contributed by atoms with E-state index in [1.54, 1.807) is 23.9 Å². The van der Waals surface area contributed by atoms with Crippen molar-refractivity contribution in [2.24, 2.45) is 24.8 Å². The maximum absolute atomic E-state index is 13.5. The lowest BCUT2D eigenvalue weighted by atomic mass is 9.52. The number of nitrogens with zero attached hydrogens (tertiary/aromatic N) is 5. The van der Waals surface area contributed by atoms with Gasteiger partial charge in [-0.15, -0.1) is 5.10 Å². The van der Waals surface area contributed by atoms with Crippen molar-refractivity contribution in [1.82, 2.24) is 25.1 Å². The molecule has 0 spiro atoms. The minimum atomic E-state index is -0.244. The van der Waals surface area contributed by atoms with Crippen molar-refractivity contribution in [3.8, 4) is 0 Å². The van der Waals surface area contributed by atoms with Crippen LogP contribution in [0.2, 0.25) is 0 Å². The van der Waals surface area contributed by atoms with Crippen LogP contribution in [0.3, 0.4) is 0 Å². The van der Waals surface area contributed by atoms with E-state index in [0.717, 1.165) is 42.6 Å². The van der Waals surface area contributed by atoms with Crippen LogP contribution in [-0.2, 0) is 18.4 Å². The van der Waals surface area contributed by atoms with Gasteiger partial charge in [0.15, 0.2) is 0 Å². The SMILES string of the molecule is Cn1nnnc1SCC(=O)N(Cc1ccc(F)cc1)C12CC3CC(CC(C3)C1)C2. The highest BCUT2D eigenvalue weighted by atomic mass is 32.2. The van der Waals surface area contributed by atoms with Crippen LogP contribution in [0.1, 0.15) is 44.1 Å². The van der Waals surface area contributed by atoms with Gasteiger partial charge in [0.05, 0.1) is 5.75 Å². The number of aromatic nitrogens is 4. The monoisotopic (exact) mass is 415 g/mol. The van der Waals surface area contributed by atoms with Gasteiger partial charge >= 0.3 is 0 Å². The van der Waals surface area contributed by atoms with Crippen LogP contribution in [0.4, 0.5) is 4.39 Å². The second kappa shape index (κ2) is 7.38. The molecule has 0 N–H and O–H groups in total. The normalized spacial score (nSPS) is 29.9. The number of hydrogen-bond acceptors (Lipinski definition) is 5. The second-order valence-electron chi connectivity index (χ2n) is 9.12. The highest BCUT2D eigenvalue weighted by Crippen LogP contribution is 2.58. The Bertz CT molecular complexity index is 863. The standard InChI is InChI=1S/C21H26FN5OS/c1-26-20(23-24-25-26)29-13-19(28)27(12-14-2-4-18(22)5-3-14)21-9-15-6-16(10-21)8-17(7-15)11-21/h2-5,15-17H,6-13H2,1H3. The summed E-state index contributed by atoms with van der Waals surface area (Å²) >= 11 is 1.38. The van der Waals surface area contributed by atoms with E-state index in [0.29, 0.717) is 17.5 Å². The van der Waals surface area contributed by atoms with Crippen LogP contribution in [-0.4, -0.2) is 42.3 Å². The molecule has 4 fully saturated rings. The molecular weight excluding hydrogens is 389 g/mol. The summed E-state index contributed by atoms with van der Waals surface area (Å²) in [6, 6.07) is 6.57. The summed E-state index contributed by atoms with van der Waals surface area (Å²) < 4.78 is 15.0. The average Bonchev–Trinajstić information content (AvgIpc) is 3.09. The number of carbonyl (C=O) groups is 1. The molecule has 4 aliphatic carbocycles. The van der Waals surface area contributed by atoms with E-state index in [2.05, 4.69) is 20.4 Å². The van der Waals surface area contributed by atoms with E-state index in [4.69, 9.17) is 0 Å². The maximum atomic E-state index is 13.5. The summed E-state index contributed by atoms with van der Waals surface area (Å²) in [5, 5.41) is 12.1. The molecule has 1 aromatic carbocycles. The zero-order valence-corrected chi connectivity index (χ0v) is 17.4. The zero-order chi connectivity index (χ0) is 20.0. The molecule has 154 valence electrons. The molecule has 0 aliphatic heterocycles. The molecule has 0 atom stereocenters. The number of carbonyl (C=O) groups excluding carboxylic acids is 1. The van der Waals surface area contributed by atoms with Crippen molar-refractivity contribution in [2.75, 3.05) is 5.75 Å². The molecule has 29 heavy (non-hydrogen) atoms. The molecule has 4 aliphatic rings. The van der Waals surface area contributed by atoms with Crippen molar-refractivity contribution in [2.45, 2.75) is 55.8 Å². The first-order valence-electron chi connectivity index (χ1n) is 10.4. The van der Waals surface area contributed by atoms with Crippen molar-refractivity contribution in [3.05, 3.63) is 35.6 Å². The van der Waals surface area contributed by atoms with E-state index in [1.165, 1.54) is 43.2 Å². The van der Waals surface area contributed by atoms with E-state index >= 15 is 0 Å². The van der Waals surface area contributed by atoms with Gasteiger partial charge in [0, 0.05) is 19.1 Å². The Balaban J connectivity index is 1.40. The largest absolute Gasteiger partial charge is 0.332 e. The van der Waals surface area contributed by atoms with Gasteiger partial charge in [-0.1, -0.05) is 23.9 Å². The number of rotatable bonds is 6. The smallest absolute Gasteiger partial charge is 0.233 e. The third kappa shape index (κ3) is 3.67. The minimum absolute atomic E-state index is 0.0427. The Morgan fingerprint density at radius 2 is 1.79 bits per heavy atom. The number of benzene rings is 1. The summed E-state index contributed by atoms with van der Waals surface area (Å²) in [4.78, 5) is 15.6. The summed E-state index contributed by atoms with van der Waals surface area (Å²) in [6.07, 6.45) is 7.33. The fourth-order valence-corrected chi connectivity index (χ4v) is 6.96. The first-order chi connectivity index (χ1) is 14.0. The van der Waals surface area contributed by atoms with Gasteiger partial charge in [-0.05, 0) is 84.4 Å².